The average molecular weight is 344 g/mol. The summed E-state index contributed by atoms with van der Waals surface area (Å²) in [6.45, 7) is 4.42. The first-order valence-corrected chi connectivity index (χ1v) is 8.11. The van der Waals surface area contributed by atoms with Crippen molar-refractivity contribution in [2.24, 2.45) is 0 Å². The van der Waals surface area contributed by atoms with E-state index in [0.717, 1.165) is 12.0 Å². The lowest BCUT2D eigenvalue weighted by Gasteiger charge is -2.12. The molecule has 126 valence electrons. The standard InChI is InChI=1S/C18H20N2O3S/c1-3-12-8-9-16(21)15(10-12)19-18(24)20-17(22)13-6-5-7-14(11-13)23-4-2/h5-11,21H,3-4H2,1-2H3,(H2,19,20,22,24). The van der Waals surface area contributed by atoms with Gasteiger partial charge in [-0.1, -0.05) is 19.1 Å². The van der Waals surface area contributed by atoms with Gasteiger partial charge in [0.2, 0.25) is 0 Å². The number of aryl methyl sites for hydroxylation is 1. The van der Waals surface area contributed by atoms with Gasteiger partial charge in [0.05, 0.1) is 12.3 Å². The largest absolute Gasteiger partial charge is 0.506 e. The Hall–Kier alpha value is -2.60. The van der Waals surface area contributed by atoms with E-state index < -0.39 is 0 Å². The summed E-state index contributed by atoms with van der Waals surface area (Å²) in [6, 6.07) is 12.1. The maximum Gasteiger partial charge on any atom is 0.257 e. The minimum Gasteiger partial charge on any atom is -0.506 e. The van der Waals surface area contributed by atoms with Crippen LogP contribution in [-0.4, -0.2) is 22.7 Å². The Morgan fingerprint density at radius 1 is 1.21 bits per heavy atom. The molecule has 0 bridgehead atoms. The summed E-state index contributed by atoms with van der Waals surface area (Å²) < 4.78 is 5.38. The van der Waals surface area contributed by atoms with E-state index in [4.69, 9.17) is 17.0 Å². The van der Waals surface area contributed by atoms with Crippen molar-refractivity contribution in [3.63, 3.8) is 0 Å². The first kappa shape index (κ1) is 17.7. The summed E-state index contributed by atoms with van der Waals surface area (Å²) >= 11 is 5.15. The molecule has 2 aromatic rings. The van der Waals surface area contributed by atoms with Gasteiger partial charge in [-0.15, -0.1) is 0 Å². The second-order valence-corrected chi connectivity index (χ2v) is 5.48. The molecule has 0 saturated carbocycles. The van der Waals surface area contributed by atoms with Crippen molar-refractivity contribution >= 4 is 28.9 Å². The number of thiocarbonyl (C=S) groups is 1. The fraction of sp³-hybridized carbons (Fsp3) is 0.222. The quantitative estimate of drug-likeness (QED) is 0.572. The van der Waals surface area contributed by atoms with Crippen LogP contribution in [0.2, 0.25) is 0 Å². The average Bonchev–Trinajstić information content (AvgIpc) is 2.57. The first-order chi connectivity index (χ1) is 11.5. The first-order valence-electron chi connectivity index (χ1n) is 7.70. The smallest absolute Gasteiger partial charge is 0.257 e. The number of hydrogen-bond acceptors (Lipinski definition) is 4. The molecule has 3 N–H and O–H groups in total. The van der Waals surface area contributed by atoms with Crippen molar-refractivity contribution in [1.82, 2.24) is 5.32 Å². The Morgan fingerprint density at radius 3 is 2.71 bits per heavy atom. The summed E-state index contributed by atoms with van der Waals surface area (Å²) in [5, 5.41) is 15.4. The molecular weight excluding hydrogens is 324 g/mol. The van der Waals surface area contributed by atoms with Gasteiger partial charge < -0.3 is 15.2 Å². The summed E-state index contributed by atoms with van der Waals surface area (Å²) in [7, 11) is 0. The van der Waals surface area contributed by atoms with Crippen LogP contribution in [0.1, 0.15) is 29.8 Å². The van der Waals surface area contributed by atoms with Crippen LogP contribution in [0.4, 0.5) is 5.69 Å². The number of ether oxygens (including phenoxy) is 1. The minimum absolute atomic E-state index is 0.0714. The lowest BCUT2D eigenvalue weighted by atomic mass is 10.1. The van der Waals surface area contributed by atoms with Gasteiger partial charge in [-0.05, 0) is 61.5 Å². The third kappa shape index (κ3) is 4.70. The van der Waals surface area contributed by atoms with Crippen LogP contribution in [0.5, 0.6) is 11.5 Å². The molecule has 1 amide bonds. The van der Waals surface area contributed by atoms with Crippen molar-refractivity contribution in [2.75, 3.05) is 11.9 Å². The molecule has 2 aromatic carbocycles. The fourth-order valence-corrected chi connectivity index (χ4v) is 2.33. The molecule has 0 fully saturated rings. The van der Waals surface area contributed by atoms with Gasteiger partial charge in [-0.3, -0.25) is 10.1 Å². The Bertz CT molecular complexity index is 747. The number of anilines is 1. The van der Waals surface area contributed by atoms with Crippen LogP contribution in [0.25, 0.3) is 0 Å². The fourth-order valence-electron chi connectivity index (χ4n) is 2.13. The zero-order chi connectivity index (χ0) is 17.5. The van der Waals surface area contributed by atoms with E-state index in [1.807, 2.05) is 19.9 Å². The number of carbonyl (C=O) groups excluding carboxylic acids is 1. The molecule has 0 aliphatic heterocycles. The van der Waals surface area contributed by atoms with Crippen LogP contribution >= 0.6 is 12.2 Å². The second-order valence-electron chi connectivity index (χ2n) is 5.07. The zero-order valence-corrected chi connectivity index (χ0v) is 14.4. The maximum absolute atomic E-state index is 12.3. The SMILES string of the molecule is CCOc1cccc(C(=O)NC(=S)Nc2cc(CC)ccc2O)c1. The number of nitrogens with one attached hydrogen (secondary N) is 2. The van der Waals surface area contributed by atoms with Crippen molar-refractivity contribution in [2.45, 2.75) is 20.3 Å². The zero-order valence-electron chi connectivity index (χ0n) is 13.6. The van der Waals surface area contributed by atoms with Crippen LogP contribution in [0, 0.1) is 0 Å². The predicted octanol–water partition coefficient (Wildman–Crippen LogP) is 3.48. The van der Waals surface area contributed by atoms with E-state index in [1.54, 1.807) is 36.4 Å². The number of aromatic hydroxyl groups is 1. The summed E-state index contributed by atoms with van der Waals surface area (Å²) in [5.41, 5.74) is 1.95. The summed E-state index contributed by atoms with van der Waals surface area (Å²) in [6.07, 6.45) is 0.832. The lowest BCUT2D eigenvalue weighted by Crippen LogP contribution is -2.34. The van der Waals surface area contributed by atoms with E-state index in [-0.39, 0.29) is 16.8 Å². The van der Waals surface area contributed by atoms with Crippen molar-refractivity contribution < 1.29 is 14.6 Å². The molecule has 5 nitrogen and oxygen atoms in total. The predicted molar refractivity (Wildman–Crippen MR) is 98.8 cm³/mol. The Balaban J connectivity index is 2.04. The Kier molecular flexibility index (Phi) is 6.14. The third-order valence-corrected chi connectivity index (χ3v) is 3.56. The topological polar surface area (TPSA) is 70.6 Å². The highest BCUT2D eigenvalue weighted by Crippen LogP contribution is 2.24. The summed E-state index contributed by atoms with van der Waals surface area (Å²) in [5.74, 6) is 0.347. The highest BCUT2D eigenvalue weighted by atomic mass is 32.1. The molecule has 0 atom stereocenters. The van der Waals surface area contributed by atoms with Gasteiger partial charge >= 0.3 is 0 Å². The van der Waals surface area contributed by atoms with E-state index in [0.29, 0.717) is 23.6 Å². The number of hydrogen-bond donors (Lipinski definition) is 3. The van der Waals surface area contributed by atoms with Gasteiger partial charge in [0, 0.05) is 5.56 Å². The van der Waals surface area contributed by atoms with Crippen molar-refractivity contribution in [3.05, 3.63) is 53.6 Å². The van der Waals surface area contributed by atoms with Crippen LogP contribution < -0.4 is 15.4 Å². The Labute approximate surface area is 146 Å². The van der Waals surface area contributed by atoms with Crippen molar-refractivity contribution in [3.8, 4) is 11.5 Å². The van der Waals surface area contributed by atoms with E-state index in [9.17, 15) is 9.90 Å². The lowest BCUT2D eigenvalue weighted by molar-refractivity contribution is 0.0977. The highest BCUT2D eigenvalue weighted by molar-refractivity contribution is 7.80. The van der Waals surface area contributed by atoms with Crippen molar-refractivity contribution in [1.29, 1.82) is 0 Å². The number of carbonyl (C=O) groups is 1. The van der Waals surface area contributed by atoms with Crippen LogP contribution in [-0.2, 0) is 6.42 Å². The third-order valence-electron chi connectivity index (χ3n) is 3.35. The van der Waals surface area contributed by atoms with Gasteiger partial charge in [0.15, 0.2) is 5.11 Å². The molecule has 0 spiro atoms. The molecule has 0 aliphatic rings. The van der Waals surface area contributed by atoms with Gasteiger partial charge in [-0.25, -0.2) is 0 Å². The minimum atomic E-state index is -0.347. The number of rotatable bonds is 5. The van der Waals surface area contributed by atoms with Gasteiger partial charge in [-0.2, -0.15) is 0 Å². The molecule has 24 heavy (non-hydrogen) atoms. The number of phenols is 1. The molecule has 0 heterocycles. The van der Waals surface area contributed by atoms with Crippen LogP contribution in [0.15, 0.2) is 42.5 Å². The van der Waals surface area contributed by atoms with E-state index >= 15 is 0 Å². The van der Waals surface area contributed by atoms with E-state index in [2.05, 4.69) is 10.6 Å². The molecule has 0 aromatic heterocycles. The molecular formula is C18H20N2O3S. The molecule has 0 saturated heterocycles. The van der Waals surface area contributed by atoms with Crippen LogP contribution in [0.3, 0.4) is 0 Å². The van der Waals surface area contributed by atoms with E-state index in [1.165, 1.54) is 0 Å². The molecule has 0 radical (unpaired) electrons. The molecule has 0 aliphatic carbocycles. The summed E-state index contributed by atoms with van der Waals surface area (Å²) in [4.78, 5) is 12.3. The number of benzene rings is 2. The second kappa shape index (κ2) is 8.31. The molecule has 2 rings (SSSR count). The van der Waals surface area contributed by atoms with Gasteiger partial charge in [0.25, 0.3) is 5.91 Å². The van der Waals surface area contributed by atoms with Gasteiger partial charge in [0.1, 0.15) is 11.5 Å². The monoisotopic (exact) mass is 344 g/mol. The Morgan fingerprint density at radius 2 is 2.00 bits per heavy atom. The number of amides is 1. The molecule has 6 heteroatoms. The highest BCUT2D eigenvalue weighted by Gasteiger charge is 2.10. The molecule has 0 unspecified atom stereocenters. The normalized spacial score (nSPS) is 10.1. The number of phenolic OH excluding ortho intramolecular Hbond substituents is 1. The maximum atomic E-state index is 12.3.